The van der Waals surface area contributed by atoms with Gasteiger partial charge in [0.15, 0.2) is 0 Å². The highest BCUT2D eigenvalue weighted by Crippen LogP contribution is 2.29. The van der Waals surface area contributed by atoms with Crippen molar-refractivity contribution >= 4 is 33.2 Å². The van der Waals surface area contributed by atoms with Crippen LogP contribution in [0.25, 0.3) is 0 Å². The van der Waals surface area contributed by atoms with Crippen molar-refractivity contribution < 1.29 is 18.0 Å². The Kier molecular flexibility index (Phi) is 6.86. The molecule has 33 heavy (non-hydrogen) atoms. The third-order valence-corrected chi connectivity index (χ3v) is 7.83. The third kappa shape index (κ3) is 5.28. The maximum absolute atomic E-state index is 13.2. The number of rotatable bonds is 6. The normalized spacial score (nSPS) is 16.9. The molecule has 0 saturated carbocycles. The SMILES string of the molecule is CC(C)[C@H](NS(=O)(=O)c1ccc2c(c1)CCCC(=O)N2)C(=O)Nc1cccc2c1CCCC2. The van der Waals surface area contributed by atoms with E-state index in [1.165, 1.54) is 11.6 Å². The zero-order chi connectivity index (χ0) is 23.6. The molecule has 2 aromatic carbocycles. The van der Waals surface area contributed by atoms with Gasteiger partial charge in [0.05, 0.1) is 4.90 Å². The molecule has 0 unspecified atom stereocenters. The van der Waals surface area contributed by atoms with E-state index in [1.54, 1.807) is 12.1 Å². The van der Waals surface area contributed by atoms with Crippen LogP contribution in [0.1, 0.15) is 56.2 Å². The van der Waals surface area contributed by atoms with Gasteiger partial charge in [-0.15, -0.1) is 0 Å². The van der Waals surface area contributed by atoms with E-state index >= 15 is 0 Å². The summed E-state index contributed by atoms with van der Waals surface area (Å²) in [7, 11) is -3.94. The van der Waals surface area contributed by atoms with Crippen LogP contribution in [0.4, 0.5) is 11.4 Å². The average Bonchev–Trinajstić information content (AvgIpc) is 2.97. The van der Waals surface area contributed by atoms with Crippen molar-refractivity contribution in [1.82, 2.24) is 4.72 Å². The molecule has 0 spiro atoms. The van der Waals surface area contributed by atoms with E-state index in [1.807, 2.05) is 26.0 Å². The molecule has 0 aromatic heterocycles. The van der Waals surface area contributed by atoms with Gasteiger partial charge in [0.2, 0.25) is 21.8 Å². The number of fused-ring (bicyclic) bond motifs is 2. The predicted octanol–water partition coefficient (Wildman–Crippen LogP) is 3.78. The summed E-state index contributed by atoms with van der Waals surface area (Å²) in [6.45, 7) is 3.64. The number of hydrogen-bond donors (Lipinski definition) is 3. The maximum Gasteiger partial charge on any atom is 0.242 e. The number of aryl methyl sites for hydroxylation is 2. The largest absolute Gasteiger partial charge is 0.326 e. The maximum atomic E-state index is 13.2. The number of anilines is 2. The molecule has 2 aliphatic rings. The van der Waals surface area contributed by atoms with E-state index in [9.17, 15) is 18.0 Å². The fraction of sp³-hybridized carbons (Fsp3) is 0.440. The summed E-state index contributed by atoms with van der Waals surface area (Å²) in [4.78, 5) is 25.0. The first-order valence-corrected chi connectivity index (χ1v) is 13.1. The first-order chi connectivity index (χ1) is 15.7. The first kappa shape index (κ1) is 23.4. The van der Waals surface area contributed by atoms with Crippen molar-refractivity contribution in [2.75, 3.05) is 10.6 Å². The van der Waals surface area contributed by atoms with E-state index in [0.29, 0.717) is 24.9 Å². The lowest BCUT2D eigenvalue weighted by Crippen LogP contribution is -2.47. The average molecular weight is 470 g/mol. The van der Waals surface area contributed by atoms with E-state index in [4.69, 9.17) is 0 Å². The Hall–Kier alpha value is -2.71. The molecule has 4 rings (SSSR count). The number of nitrogens with one attached hydrogen (secondary N) is 3. The summed E-state index contributed by atoms with van der Waals surface area (Å²) in [5.41, 5.74) is 4.59. The summed E-state index contributed by atoms with van der Waals surface area (Å²) in [5, 5.41) is 5.79. The van der Waals surface area contributed by atoms with Crippen molar-refractivity contribution in [3.05, 3.63) is 53.1 Å². The van der Waals surface area contributed by atoms with Crippen LogP contribution in [0.3, 0.4) is 0 Å². The monoisotopic (exact) mass is 469 g/mol. The van der Waals surface area contributed by atoms with Gasteiger partial charge in [0.25, 0.3) is 0 Å². The van der Waals surface area contributed by atoms with Crippen LogP contribution in [0.15, 0.2) is 41.3 Å². The molecule has 8 heteroatoms. The molecule has 3 N–H and O–H groups in total. The van der Waals surface area contributed by atoms with Crippen molar-refractivity contribution in [1.29, 1.82) is 0 Å². The molecule has 0 fully saturated rings. The van der Waals surface area contributed by atoms with Crippen LogP contribution in [0, 0.1) is 5.92 Å². The number of carbonyl (C=O) groups excluding carboxylic acids is 2. The van der Waals surface area contributed by atoms with E-state index in [2.05, 4.69) is 21.4 Å². The second-order valence-electron chi connectivity index (χ2n) is 9.20. The van der Waals surface area contributed by atoms with Gasteiger partial charge < -0.3 is 10.6 Å². The van der Waals surface area contributed by atoms with Crippen LogP contribution >= 0.6 is 0 Å². The van der Waals surface area contributed by atoms with Gasteiger partial charge in [0, 0.05) is 17.8 Å². The van der Waals surface area contributed by atoms with Gasteiger partial charge in [0.1, 0.15) is 6.04 Å². The smallest absolute Gasteiger partial charge is 0.242 e. The van der Waals surface area contributed by atoms with Gasteiger partial charge in [-0.05, 0) is 85.4 Å². The van der Waals surface area contributed by atoms with Crippen molar-refractivity contribution in [2.24, 2.45) is 5.92 Å². The quantitative estimate of drug-likeness (QED) is 0.599. The molecule has 1 aliphatic carbocycles. The van der Waals surface area contributed by atoms with Gasteiger partial charge >= 0.3 is 0 Å². The summed E-state index contributed by atoms with van der Waals surface area (Å²) < 4.78 is 29.0. The second-order valence-corrected chi connectivity index (χ2v) is 10.9. The molecular formula is C25H31N3O4S. The number of benzene rings is 2. The summed E-state index contributed by atoms with van der Waals surface area (Å²) in [5.74, 6) is -0.684. The molecule has 0 radical (unpaired) electrons. The standard InChI is InChI=1S/C25H31N3O4S/c1-16(2)24(25(30)27-22-11-5-8-17-7-3-4-10-20(17)22)28-33(31,32)19-13-14-21-18(15-19)9-6-12-23(29)26-21/h5,8,11,13-16,24,28H,3-4,6-7,9-10,12H2,1-2H3,(H,26,29)(H,27,30)/t24-/m0/s1. The van der Waals surface area contributed by atoms with Crippen LogP contribution < -0.4 is 15.4 Å². The van der Waals surface area contributed by atoms with Gasteiger partial charge in [-0.25, -0.2) is 8.42 Å². The summed E-state index contributed by atoms with van der Waals surface area (Å²) >= 11 is 0. The van der Waals surface area contributed by atoms with Crippen LogP contribution in [0.2, 0.25) is 0 Å². The second kappa shape index (κ2) is 9.65. The Morgan fingerprint density at radius 2 is 1.73 bits per heavy atom. The molecule has 1 aliphatic heterocycles. The van der Waals surface area contributed by atoms with Crippen LogP contribution in [0.5, 0.6) is 0 Å². The lowest BCUT2D eigenvalue weighted by molar-refractivity contribution is -0.118. The Morgan fingerprint density at radius 1 is 0.970 bits per heavy atom. The fourth-order valence-corrected chi connectivity index (χ4v) is 5.95. The molecular weight excluding hydrogens is 438 g/mol. The zero-order valence-electron chi connectivity index (χ0n) is 19.1. The molecule has 1 heterocycles. The Balaban J connectivity index is 1.55. The van der Waals surface area contributed by atoms with Crippen molar-refractivity contribution in [3.63, 3.8) is 0 Å². The minimum atomic E-state index is -3.94. The molecule has 2 amide bonds. The fourth-order valence-electron chi connectivity index (χ4n) is 4.55. The highest BCUT2D eigenvalue weighted by Gasteiger charge is 2.30. The Bertz CT molecular complexity index is 1170. The van der Waals surface area contributed by atoms with E-state index in [-0.39, 0.29) is 22.6 Å². The van der Waals surface area contributed by atoms with Crippen LogP contribution in [-0.4, -0.2) is 26.3 Å². The molecule has 1 atom stereocenters. The third-order valence-electron chi connectivity index (χ3n) is 6.40. The van der Waals surface area contributed by atoms with Gasteiger partial charge in [-0.3, -0.25) is 9.59 Å². The number of carbonyl (C=O) groups is 2. The number of sulfonamides is 1. The topological polar surface area (TPSA) is 104 Å². The summed E-state index contributed by atoms with van der Waals surface area (Å²) in [6.07, 6.45) is 5.82. The van der Waals surface area contributed by atoms with E-state index < -0.39 is 16.1 Å². The summed E-state index contributed by atoms with van der Waals surface area (Å²) in [6, 6.07) is 9.66. The minimum Gasteiger partial charge on any atom is -0.326 e. The lowest BCUT2D eigenvalue weighted by Gasteiger charge is -2.24. The van der Waals surface area contributed by atoms with E-state index in [0.717, 1.165) is 42.5 Å². The Labute approximate surface area is 195 Å². The van der Waals surface area contributed by atoms with Crippen molar-refractivity contribution in [3.8, 4) is 0 Å². The highest BCUT2D eigenvalue weighted by atomic mass is 32.2. The Morgan fingerprint density at radius 3 is 2.52 bits per heavy atom. The molecule has 0 bridgehead atoms. The zero-order valence-corrected chi connectivity index (χ0v) is 19.9. The van der Waals surface area contributed by atoms with Crippen molar-refractivity contribution in [2.45, 2.75) is 69.7 Å². The first-order valence-electron chi connectivity index (χ1n) is 11.6. The molecule has 7 nitrogen and oxygen atoms in total. The highest BCUT2D eigenvalue weighted by molar-refractivity contribution is 7.89. The van der Waals surface area contributed by atoms with Gasteiger partial charge in [-0.1, -0.05) is 26.0 Å². The molecule has 0 saturated heterocycles. The number of hydrogen-bond acceptors (Lipinski definition) is 4. The molecule has 2 aromatic rings. The minimum absolute atomic E-state index is 0.0675. The lowest BCUT2D eigenvalue weighted by atomic mass is 9.90. The van der Waals surface area contributed by atoms with Gasteiger partial charge in [-0.2, -0.15) is 4.72 Å². The number of amides is 2. The predicted molar refractivity (Wildman–Crippen MR) is 129 cm³/mol. The molecule has 176 valence electrons. The van der Waals surface area contributed by atoms with Crippen LogP contribution in [-0.2, 0) is 38.9 Å².